The summed E-state index contributed by atoms with van der Waals surface area (Å²) in [6, 6.07) is 12.1. The summed E-state index contributed by atoms with van der Waals surface area (Å²) >= 11 is 0. The Morgan fingerprint density at radius 1 is 1.00 bits per heavy atom. The molecule has 1 aliphatic heterocycles. The second-order valence-electron chi connectivity index (χ2n) is 7.06. The van der Waals surface area contributed by atoms with Gasteiger partial charge < -0.3 is 5.11 Å². The number of carboxylic acid groups (broad SMARTS) is 1. The van der Waals surface area contributed by atoms with E-state index < -0.39 is 5.97 Å². The van der Waals surface area contributed by atoms with Gasteiger partial charge in [-0.2, -0.15) is 0 Å². The quantitative estimate of drug-likeness (QED) is 0.871. The third kappa shape index (κ3) is 6.39. The number of carboxylic acids is 1. The Kier molecular flexibility index (Phi) is 6.86. The molecule has 3 heterocycles. The van der Waals surface area contributed by atoms with Gasteiger partial charge in [0.25, 0.3) is 0 Å². The average Bonchev–Trinajstić information content (AvgIpc) is 2.64. The molecule has 0 radical (unpaired) electrons. The number of aliphatic carboxylic acids is 1. The molecule has 0 saturated carbocycles. The molecule has 1 aliphatic rings. The third-order valence-electron chi connectivity index (χ3n) is 4.68. The lowest BCUT2D eigenvalue weighted by Gasteiger charge is -2.29. The van der Waals surface area contributed by atoms with Gasteiger partial charge in [-0.3, -0.25) is 29.5 Å². The summed E-state index contributed by atoms with van der Waals surface area (Å²) < 4.78 is 0. The van der Waals surface area contributed by atoms with Crippen LogP contribution in [0.2, 0.25) is 0 Å². The van der Waals surface area contributed by atoms with Crippen LogP contribution in [0.1, 0.15) is 17.1 Å². The van der Waals surface area contributed by atoms with E-state index in [1.54, 1.807) is 6.20 Å². The molecule has 2 aromatic rings. The van der Waals surface area contributed by atoms with E-state index in [0.717, 1.165) is 49.8 Å². The van der Waals surface area contributed by atoms with Gasteiger partial charge in [0.2, 0.25) is 0 Å². The van der Waals surface area contributed by atoms with E-state index in [2.05, 4.69) is 26.9 Å². The highest BCUT2D eigenvalue weighted by Gasteiger charge is 2.16. The molecule has 0 aliphatic carbocycles. The molecular weight excluding hydrogens is 342 g/mol. The smallest absolute Gasteiger partial charge is 0.317 e. The van der Waals surface area contributed by atoms with Crippen molar-refractivity contribution in [2.75, 3.05) is 39.8 Å². The molecular formula is C20H27N5O2. The van der Waals surface area contributed by atoms with Crippen molar-refractivity contribution in [1.82, 2.24) is 24.7 Å². The Morgan fingerprint density at radius 3 is 2.48 bits per heavy atom. The van der Waals surface area contributed by atoms with Gasteiger partial charge in [0.1, 0.15) is 0 Å². The zero-order chi connectivity index (χ0) is 19.1. The van der Waals surface area contributed by atoms with Gasteiger partial charge in [0.15, 0.2) is 0 Å². The van der Waals surface area contributed by atoms with Crippen LogP contribution in [0.5, 0.6) is 0 Å². The summed E-state index contributed by atoms with van der Waals surface area (Å²) in [7, 11) is 2.05. The van der Waals surface area contributed by atoms with Crippen LogP contribution in [0.15, 0.2) is 42.6 Å². The summed E-state index contributed by atoms with van der Waals surface area (Å²) in [5.41, 5.74) is 3.07. The number of nitrogens with zero attached hydrogens (tertiary/aromatic N) is 5. The standard InChI is InChI=1S/C20H27N5O2/c1-23-9-10-24(16-20(26)27)11-12-25(14-17-5-2-3-8-21-17)15-19-7-4-6-18(13-23)22-19/h2-8H,9-16H2,1H3,(H,26,27). The lowest BCUT2D eigenvalue weighted by atomic mass is 10.2. The molecule has 7 nitrogen and oxygen atoms in total. The molecule has 0 spiro atoms. The number of carbonyl (C=O) groups is 1. The lowest BCUT2D eigenvalue weighted by molar-refractivity contribution is -0.138. The molecule has 0 saturated heterocycles. The van der Waals surface area contributed by atoms with Crippen LogP contribution >= 0.6 is 0 Å². The normalized spacial score (nSPS) is 17.8. The number of hydrogen-bond donors (Lipinski definition) is 1. The highest BCUT2D eigenvalue weighted by Crippen LogP contribution is 2.10. The summed E-state index contributed by atoms with van der Waals surface area (Å²) in [5, 5.41) is 9.24. The lowest BCUT2D eigenvalue weighted by Crippen LogP contribution is -2.41. The molecule has 3 rings (SSSR count). The minimum atomic E-state index is -0.784. The van der Waals surface area contributed by atoms with Crippen LogP contribution < -0.4 is 0 Å². The second kappa shape index (κ2) is 9.55. The van der Waals surface area contributed by atoms with Crippen LogP contribution in [0.25, 0.3) is 0 Å². The maximum absolute atomic E-state index is 11.2. The van der Waals surface area contributed by atoms with Crippen molar-refractivity contribution in [1.29, 1.82) is 0 Å². The Labute approximate surface area is 160 Å². The largest absolute Gasteiger partial charge is 0.480 e. The summed E-state index contributed by atoms with van der Waals surface area (Å²) in [4.78, 5) is 27.0. The first kappa shape index (κ1) is 19.4. The predicted octanol–water partition coefficient (Wildman–Crippen LogP) is 1.31. The third-order valence-corrected chi connectivity index (χ3v) is 4.68. The van der Waals surface area contributed by atoms with Gasteiger partial charge in [-0.1, -0.05) is 12.1 Å². The van der Waals surface area contributed by atoms with E-state index in [0.29, 0.717) is 13.1 Å². The maximum Gasteiger partial charge on any atom is 0.317 e. The molecule has 27 heavy (non-hydrogen) atoms. The van der Waals surface area contributed by atoms with Gasteiger partial charge in [-0.05, 0) is 31.3 Å². The predicted molar refractivity (Wildman–Crippen MR) is 103 cm³/mol. The molecule has 2 aromatic heterocycles. The Balaban J connectivity index is 1.79. The van der Waals surface area contributed by atoms with Crippen molar-refractivity contribution >= 4 is 5.97 Å². The van der Waals surface area contributed by atoms with Crippen molar-refractivity contribution < 1.29 is 9.90 Å². The summed E-state index contributed by atoms with van der Waals surface area (Å²) in [6.45, 7) is 5.25. The Bertz CT molecular complexity index is 740. The second-order valence-corrected chi connectivity index (χ2v) is 7.06. The topological polar surface area (TPSA) is 72.8 Å². The monoisotopic (exact) mass is 369 g/mol. The van der Waals surface area contributed by atoms with Crippen LogP contribution in [-0.4, -0.2) is 75.5 Å². The van der Waals surface area contributed by atoms with E-state index in [1.165, 1.54) is 0 Å². The Morgan fingerprint density at radius 2 is 1.74 bits per heavy atom. The fourth-order valence-corrected chi connectivity index (χ4v) is 3.28. The van der Waals surface area contributed by atoms with Crippen molar-refractivity contribution in [3.63, 3.8) is 0 Å². The van der Waals surface area contributed by atoms with Crippen LogP contribution in [0.3, 0.4) is 0 Å². The molecule has 0 aromatic carbocycles. The van der Waals surface area contributed by atoms with Gasteiger partial charge in [0, 0.05) is 52.0 Å². The first-order chi connectivity index (χ1) is 13.1. The molecule has 2 bridgehead atoms. The maximum atomic E-state index is 11.2. The SMILES string of the molecule is CN1CCN(CC(=O)O)CCN(Cc2ccccn2)Cc2cccc(n2)C1. The number of rotatable bonds is 4. The van der Waals surface area contributed by atoms with Gasteiger partial charge in [-0.25, -0.2) is 0 Å². The highest BCUT2D eigenvalue weighted by molar-refractivity contribution is 5.69. The van der Waals surface area contributed by atoms with Gasteiger partial charge in [-0.15, -0.1) is 0 Å². The van der Waals surface area contributed by atoms with E-state index in [4.69, 9.17) is 4.98 Å². The summed E-state index contributed by atoms with van der Waals surface area (Å²) in [6.07, 6.45) is 1.80. The first-order valence-electron chi connectivity index (χ1n) is 9.28. The highest BCUT2D eigenvalue weighted by atomic mass is 16.4. The molecule has 0 amide bonds. The van der Waals surface area contributed by atoms with E-state index in [1.807, 2.05) is 36.2 Å². The average molecular weight is 369 g/mol. The van der Waals surface area contributed by atoms with Gasteiger partial charge in [0.05, 0.1) is 23.6 Å². The van der Waals surface area contributed by atoms with Crippen LogP contribution in [0.4, 0.5) is 0 Å². The minimum absolute atomic E-state index is 0.0643. The van der Waals surface area contributed by atoms with E-state index in [9.17, 15) is 9.90 Å². The molecule has 144 valence electrons. The van der Waals surface area contributed by atoms with Crippen LogP contribution in [-0.2, 0) is 24.4 Å². The zero-order valence-electron chi connectivity index (χ0n) is 15.8. The first-order valence-corrected chi connectivity index (χ1v) is 9.28. The number of hydrogen-bond acceptors (Lipinski definition) is 6. The van der Waals surface area contributed by atoms with Crippen molar-refractivity contribution in [2.45, 2.75) is 19.6 Å². The fourth-order valence-electron chi connectivity index (χ4n) is 3.28. The van der Waals surface area contributed by atoms with E-state index >= 15 is 0 Å². The number of likely N-dealkylation sites (N-methyl/N-ethyl adjacent to an activating group) is 1. The van der Waals surface area contributed by atoms with Crippen molar-refractivity contribution in [2.24, 2.45) is 0 Å². The Hall–Kier alpha value is -2.35. The summed E-state index contributed by atoms with van der Waals surface area (Å²) in [5.74, 6) is -0.784. The number of pyridine rings is 2. The van der Waals surface area contributed by atoms with Gasteiger partial charge >= 0.3 is 5.97 Å². The van der Waals surface area contributed by atoms with Crippen molar-refractivity contribution in [3.05, 3.63) is 59.7 Å². The molecule has 0 atom stereocenters. The molecule has 1 N–H and O–H groups in total. The zero-order valence-corrected chi connectivity index (χ0v) is 15.8. The fraction of sp³-hybridized carbons (Fsp3) is 0.450. The van der Waals surface area contributed by atoms with Crippen LogP contribution in [0, 0.1) is 0 Å². The molecule has 7 heteroatoms. The minimum Gasteiger partial charge on any atom is -0.480 e. The number of fused-ring (bicyclic) bond motifs is 2. The molecule has 0 fully saturated rings. The van der Waals surface area contributed by atoms with Crippen molar-refractivity contribution in [3.8, 4) is 0 Å². The molecule has 0 unspecified atom stereocenters. The van der Waals surface area contributed by atoms with E-state index in [-0.39, 0.29) is 6.54 Å². The number of aromatic nitrogens is 2.